The Labute approximate surface area is 129 Å². The molecule has 2 aliphatic rings. The summed E-state index contributed by atoms with van der Waals surface area (Å²) >= 11 is 1.45. The lowest BCUT2D eigenvalue weighted by molar-refractivity contribution is 0.100. The molecule has 2 heterocycles. The van der Waals surface area contributed by atoms with E-state index in [-0.39, 0.29) is 6.10 Å². The van der Waals surface area contributed by atoms with Crippen LogP contribution in [0, 0.1) is 0 Å². The molecule has 4 N–H and O–H groups in total. The van der Waals surface area contributed by atoms with Gasteiger partial charge in [-0.25, -0.2) is 0 Å². The van der Waals surface area contributed by atoms with Gasteiger partial charge in [-0.1, -0.05) is 0 Å². The van der Waals surface area contributed by atoms with E-state index in [4.69, 9.17) is 16.2 Å². The molecule has 0 spiro atoms. The number of primary amides is 1. The average Bonchev–Trinajstić information content (AvgIpc) is 3.03. The SMILES string of the molecule is CCN(CC1CCCO1)c1sc(C(N)=O)c(N)c1C1CC1. The highest BCUT2D eigenvalue weighted by Crippen LogP contribution is 2.52. The zero-order chi connectivity index (χ0) is 15.0. The number of nitrogen functional groups attached to an aromatic ring is 1. The van der Waals surface area contributed by atoms with Crippen LogP contribution in [0.25, 0.3) is 0 Å². The summed E-state index contributed by atoms with van der Waals surface area (Å²) < 4.78 is 5.75. The first-order chi connectivity index (χ1) is 10.1. The summed E-state index contributed by atoms with van der Waals surface area (Å²) in [6, 6.07) is 0. The highest BCUT2D eigenvalue weighted by atomic mass is 32.1. The number of carbonyl (C=O) groups excluding carboxylic acids is 1. The topological polar surface area (TPSA) is 81.6 Å². The van der Waals surface area contributed by atoms with Crippen LogP contribution in [0.5, 0.6) is 0 Å². The van der Waals surface area contributed by atoms with Gasteiger partial charge < -0.3 is 21.1 Å². The van der Waals surface area contributed by atoms with Crippen molar-refractivity contribution in [2.24, 2.45) is 5.73 Å². The molecule has 0 bridgehead atoms. The van der Waals surface area contributed by atoms with Gasteiger partial charge in [-0.05, 0) is 38.5 Å². The van der Waals surface area contributed by atoms with Gasteiger partial charge in [0.15, 0.2) is 0 Å². The van der Waals surface area contributed by atoms with Crippen LogP contribution in [0.4, 0.5) is 10.7 Å². The third-order valence-corrected chi connectivity index (χ3v) is 5.59. The summed E-state index contributed by atoms with van der Waals surface area (Å²) in [6.45, 7) is 4.74. The number of carbonyl (C=O) groups is 1. The van der Waals surface area contributed by atoms with Crippen molar-refractivity contribution in [1.29, 1.82) is 0 Å². The molecule has 1 amide bonds. The molecule has 1 saturated heterocycles. The van der Waals surface area contributed by atoms with Crippen molar-refractivity contribution in [3.8, 4) is 0 Å². The second-order valence-electron chi connectivity index (χ2n) is 5.88. The number of hydrogen-bond donors (Lipinski definition) is 2. The van der Waals surface area contributed by atoms with E-state index in [1.165, 1.54) is 11.3 Å². The van der Waals surface area contributed by atoms with Crippen molar-refractivity contribution in [3.63, 3.8) is 0 Å². The molecule has 1 aromatic rings. The number of anilines is 2. The van der Waals surface area contributed by atoms with E-state index in [2.05, 4.69) is 11.8 Å². The Balaban J connectivity index is 1.90. The smallest absolute Gasteiger partial charge is 0.260 e. The maximum absolute atomic E-state index is 11.6. The van der Waals surface area contributed by atoms with Crippen molar-refractivity contribution >= 4 is 27.9 Å². The van der Waals surface area contributed by atoms with Gasteiger partial charge in [0, 0.05) is 25.3 Å². The van der Waals surface area contributed by atoms with Crippen molar-refractivity contribution in [2.45, 2.75) is 44.6 Å². The van der Waals surface area contributed by atoms with E-state index in [0.29, 0.717) is 16.5 Å². The third-order valence-electron chi connectivity index (χ3n) is 4.29. The normalized spacial score (nSPS) is 21.7. The van der Waals surface area contributed by atoms with E-state index in [1.807, 2.05) is 0 Å². The van der Waals surface area contributed by atoms with Gasteiger partial charge in [-0.2, -0.15) is 0 Å². The fraction of sp³-hybridized carbons (Fsp3) is 0.667. The molecule has 2 fully saturated rings. The fourth-order valence-electron chi connectivity index (χ4n) is 3.02. The lowest BCUT2D eigenvalue weighted by Gasteiger charge is -2.26. The first kappa shape index (κ1) is 14.7. The molecule has 5 nitrogen and oxygen atoms in total. The minimum absolute atomic E-state index is 0.289. The molecular formula is C15H23N3O2S. The Morgan fingerprint density at radius 3 is 2.71 bits per heavy atom. The Morgan fingerprint density at radius 1 is 1.43 bits per heavy atom. The van der Waals surface area contributed by atoms with Gasteiger partial charge in [-0.3, -0.25) is 4.79 Å². The molecule has 1 aliphatic carbocycles. The van der Waals surface area contributed by atoms with Crippen LogP contribution in [-0.4, -0.2) is 31.7 Å². The quantitative estimate of drug-likeness (QED) is 0.845. The summed E-state index contributed by atoms with van der Waals surface area (Å²) in [5.41, 5.74) is 13.4. The maximum Gasteiger partial charge on any atom is 0.260 e. The van der Waals surface area contributed by atoms with Crippen LogP contribution in [-0.2, 0) is 4.74 Å². The van der Waals surface area contributed by atoms with E-state index >= 15 is 0 Å². The minimum Gasteiger partial charge on any atom is -0.397 e. The molecule has 0 aromatic carbocycles. The van der Waals surface area contributed by atoms with Gasteiger partial charge in [0.05, 0.1) is 16.8 Å². The summed E-state index contributed by atoms with van der Waals surface area (Å²) in [7, 11) is 0. The second-order valence-corrected chi connectivity index (χ2v) is 6.87. The molecule has 6 heteroatoms. The fourth-order valence-corrected chi connectivity index (χ4v) is 4.25. The van der Waals surface area contributed by atoms with E-state index in [1.54, 1.807) is 0 Å². The first-order valence-corrected chi connectivity index (χ1v) is 8.52. The van der Waals surface area contributed by atoms with Gasteiger partial charge in [0.1, 0.15) is 4.88 Å². The summed E-state index contributed by atoms with van der Waals surface area (Å²) in [5.74, 6) is 0.0849. The van der Waals surface area contributed by atoms with Crippen molar-refractivity contribution < 1.29 is 9.53 Å². The number of likely N-dealkylation sites (N-methyl/N-ethyl adjacent to an activating group) is 1. The van der Waals surface area contributed by atoms with Crippen LogP contribution in [0.1, 0.15) is 53.8 Å². The number of nitrogens with zero attached hydrogens (tertiary/aromatic N) is 1. The van der Waals surface area contributed by atoms with Crippen LogP contribution in [0.2, 0.25) is 0 Å². The molecule has 1 aromatic heterocycles. The number of nitrogens with two attached hydrogens (primary N) is 2. The Kier molecular flexibility index (Phi) is 4.08. The summed E-state index contributed by atoms with van der Waals surface area (Å²) in [6.07, 6.45) is 4.85. The molecule has 1 saturated carbocycles. The molecule has 116 valence electrons. The van der Waals surface area contributed by atoms with Crippen LogP contribution >= 0.6 is 11.3 Å². The number of thiophene rings is 1. The maximum atomic E-state index is 11.6. The van der Waals surface area contributed by atoms with E-state index in [0.717, 1.165) is 55.9 Å². The average molecular weight is 309 g/mol. The molecule has 1 aliphatic heterocycles. The molecule has 21 heavy (non-hydrogen) atoms. The molecule has 3 rings (SSSR count). The van der Waals surface area contributed by atoms with Crippen LogP contribution in [0.3, 0.4) is 0 Å². The molecule has 1 atom stereocenters. The Hall–Kier alpha value is -1.27. The third kappa shape index (κ3) is 2.87. The van der Waals surface area contributed by atoms with E-state index < -0.39 is 5.91 Å². The predicted molar refractivity (Wildman–Crippen MR) is 86.1 cm³/mol. The van der Waals surface area contributed by atoms with Gasteiger partial charge in [0.2, 0.25) is 0 Å². The van der Waals surface area contributed by atoms with Crippen LogP contribution < -0.4 is 16.4 Å². The number of rotatable bonds is 6. The van der Waals surface area contributed by atoms with Gasteiger partial charge in [-0.15, -0.1) is 11.3 Å². The predicted octanol–water partition coefficient (Wildman–Crippen LogP) is 2.31. The lowest BCUT2D eigenvalue weighted by Crippen LogP contribution is -2.32. The lowest BCUT2D eigenvalue weighted by atomic mass is 10.1. The Bertz CT molecular complexity index is 533. The first-order valence-electron chi connectivity index (χ1n) is 7.70. The molecular weight excluding hydrogens is 286 g/mol. The molecule has 0 radical (unpaired) electrons. The minimum atomic E-state index is -0.418. The van der Waals surface area contributed by atoms with Crippen molar-refractivity contribution in [2.75, 3.05) is 30.3 Å². The largest absolute Gasteiger partial charge is 0.397 e. The van der Waals surface area contributed by atoms with Crippen molar-refractivity contribution in [1.82, 2.24) is 0 Å². The van der Waals surface area contributed by atoms with Crippen molar-refractivity contribution in [3.05, 3.63) is 10.4 Å². The monoisotopic (exact) mass is 309 g/mol. The van der Waals surface area contributed by atoms with Crippen LogP contribution in [0.15, 0.2) is 0 Å². The number of hydrogen-bond acceptors (Lipinski definition) is 5. The highest BCUT2D eigenvalue weighted by Gasteiger charge is 2.34. The van der Waals surface area contributed by atoms with Gasteiger partial charge in [0.25, 0.3) is 5.91 Å². The number of ether oxygens (including phenoxy) is 1. The highest BCUT2D eigenvalue weighted by molar-refractivity contribution is 7.18. The molecule has 1 unspecified atom stereocenters. The summed E-state index contributed by atoms with van der Waals surface area (Å²) in [5, 5.41) is 1.13. The van der Waals surface area contributed by atoms with E-state index in [9.17, 15) is 4.79 Å². The second kappa shape index (κ2) is 5.85. The van der Waals surface area contributed by atoms with Gasteiger partial charge >= 0.3 is 0 Å². The number of amides is 1. The standard InChI is InChI=1S/C15H23N3O2S/c1-2-18(8-10-4-3-7-20-10)15-11(9-5-6-9)12(16)13(21-15)14(17)19/h9-10H,2-8,16H2,1H3,(H2,17,19). The Morgan fingerprint density at radius 2 is 2.19 bits per heavy atom. The summed E-state index contributed by atoms with van der Waals surface area (Å²) in [4.78, 5) is 14.4. The zero-order valence-corrected chi connectivity index (χ0v) is 13.2. The zero-order valence-electron chi connectivity index (χ0n) is 12.4.